The van der Waals surface area contributed by atoms with Crippen LogP contribution in [0.5, 0.6) is 0 Å². The van der Waals surface area contributed by atoms with Crippen molar-refractivity contribution in [3.63, 3.8) is 0 Å². The summed E-state index contributed by atoms with van der Waals surface area (Å²) in [6, 6.07) is 2.07. The second kappa shape index (κ2) is 4.01. The smallest absolute Gasteiger partial charge is 0.132 e. The van der Waals surface area contributed by atoms with E-state index in [-0.39, 0.29) is 5.54 Å². The van der Waals surface area contributed by atoms with Crippen molar-refractivity contribution < 1.29 is 0 Å². The molecule has 0 saturated carbocycles. The molecule has 2 heterocycles. The average Bonchev–Trinajstić information content (AvgIpc) is 2.23. The molecule has 0 atom stereocenters. The molecule has 0 radical (unpaired) electrons. The molecule has 0 spiro atoms. The normalized spacial score (nSPS) is 18.4. The van der Waals surface area contributed by atoms with Crippen molar-refractivity contribution in [2.24, 2.45) is 5.73 Å². The van der Waals surface area contributed by atoms with Crippen LogP contribution in [-0.2, 0) is 6.42 Å². The van der Waals surface area contributed by atoms with Crippen molar-refractivity contribution in [3.05, 3.63) is 17.6 Å². The van der Waals surface area contributed by atoms with Gasteiger partial charge in [-0.25, -0.2) is 9.97 Å². The summed E-state index contributed by atoms with van der Waals surface area (Å²) in [5.41, 5.74) is 7.25. The molecule has 4 nitrogen and oxygen atoms in total. The Labute approximate surface area is 96.9 Å². The highest BCUT2D eigenvalue weighted by atomic mass is 15.3. The summed E-state index contributed by atoms with van der Waals surface area (Å²) in [5.74, 6) is 1.87. The van der Waals surface area contributed by atoms with Crippen molar-refractivity contribution in [2.75, 3.05) is 18.0 Å². The highest BCUT2D eigenvalue weighted by Crippen LogP contribution is 2.27. The zero-order valence-electron chi connectivity index (χ0n) is 10.3. The van der Waals surface area contributed by atoms with Crippen molar-refractivity contribution in [2.45, 2.75) is 39.2 Å². The van der Waals surface area contributed by atoms with E-state index in [9.17, 15) is 0 Å². The first-order valence-electron chi connectivity index (χ1n) is 5.94. The number of nitrogens with zero attached hydrogens (tertiary/aromatic N) is 3. The number of nitrogens with two attached hydrogens (primary N) is 1. The van der Waals surface area contributed by atoms with E-state index in [4.69, 9.17) is 5.73 Å². The summed E-state index contributed by atoms with van der Waals surface area (Å²) < 4.78 is 0. The fourth-order valence-corrected chi connectivity index (χ4v) is 2.05. The van der Waals surface area contributed by atoms with Crippen LogP contribution >= 0.6 is 0 Å². The van der Waals surface area contributed by atoms with Gasteiger partial charge in [0.05, 0.1) is 5.54 Å². The Morgan fingerprint density at radius 2 is 2.06 bits per heavy atom. The Morgan fingerprint density at radius 3 is 2.62 bits per heavy atom. The molecule has 0 unspecified atom stereocenters. The van der Waals surface area contributed by atoms with E-state index in [0.29, 0.717) is 0 Å². The third kappa shape index (κ3) is 2.02. The monoisotopic (exact) mass is 220 g/mol. The molecule has 2 N–H and O–H groups in total. The molecule has 1 saturated heterocycles. The maximum absolute atomic E-state index is 6.15. The number of hydrogen-bond donors (Lipinski definition) is 1. The second-order valence-corrected chi connectivity index (χ2v) is 4.69. The zero-order valence-corrected chi connectivity index (χ0v) is 10.3. The highest BCUT2D eigenvalue weighted by Gasteiger charge is 2.38. The van der Waals surface area contributed by atoms with Crippen LogP contribution in [0.15, 0.2) is 6.07 Å². The summed E-state index contributed by atoms with van der Waals surface area (Å²) in [6.07, 6.45) is 1.97. The topological polar surface area (TPSA) is 55.0 Å². The lowest BCUT2D eigenvalue weighted by molar-refractivity contribution is 0.320. The van der Waals surface area contributed by atoms with E-state index in [2.05, 4.69) is 34.8 Å². The molecule has 0 aromatic carbocycles. The molecule has 1 aliphatic heterocycles. The van der Waals surface area contributed by atoms with Crippen LogP contribution in [-0.4, -0.2) is 28.6 Å². The van der Waals surface area contributed by atoms with Gasteiger partial charge in [-0.2, -0.15) is 0 Å². The number of aromatic nitrogens is 2. The van der Waals surface area contributed by atoms with Crippen LogP contribution in [0.25, 0.3) is 0 Å². The lowest BCUT2D eigenvalue weighted by Crippen LogP contribution is -2.67. The Hall–Kier alpha value is -1.16. The second-order valence-electron chi connectivity index (χ2n) is 4.69. The zero-order chi connectivity index (χ0) is 11.8. The van der Waals surface area contributed by atoms with Gasteiger partial charge in [-0.05, 0) is 19.8 Å². The van der Waals surface area contributed by atoms with E-state index < -0.39 is 0 Å². The first-order valence-corrected chi connectivity index (χ1v) is 5.94. The lowest BCUT2D eigenvalue weighted by atomic mass is 9.88. The Balaban J connectivity index is 2.14. The summed E-state index contributed by atoms with van der Waals surface area (Å²) >= 11 is 0. The van der Waals surface area contributed by atoms with E-state index in [1.54, 1.807) is 0 Å². The molecule has 2 rings (SSSR count). The van der Waals surface area contributed by atoms with Crippen LogP contribution in [0.2, 0.25) is 0 Å². The fraction of sp³-hybridized carbons (Fsp3) is 0.667. The van der Waals surface area contributed by atoms with Crippen LogP contribution in [0.3, 0.4) is 0 Å². The third-order valence-electron chi connectivity index (χ3n) is 3.28. The Bertz CT molecular complexity index is 383. The molecular formula is C12H20N4. The van der Waals surface area contributed by atoms with Gasteiger partial charge < -0.3 is 10.6 Å². The number of hydrogen-bond acceptors (Lipinski definition) is 4. The highest BCUT2D eigenvalue weighted by molar-refractivity contribution is 5.45. The minimum Gasteiger partial charge on any atom is -0.353 e. The van der Waals surface area contributed by atoms with Crippen molar-refractivity contribution in [1.29, 1.82) is 0 Å². The maximum Gasteiger partial charge on any atom is 0.132 e. The predicted octanol–water partition coefficient (Wildman–Crippen LogP) is 1.27. The molecule has 0 bridgehead atoms. The van der Waals surface area contributed by atoms with Crippen LogP contribution in [0.1, 0.15) is 31.8 Å². The first kappa shape index (κ1) is 11.3. The van der Waals surface area contributed by atoms with Gasteiger partial charge >= 0.3 is 0 Å². The molecule has 0 aliphatic carbocycles. The summed E-state index contributed by atoms with van der Waals surface area (Å²) in [5, 5.41) is 0. The largest absolute Gasteiger partial charge is 0.353 e. The standard InChI is InChI=1S/C12H20N4/c1-4-10-6-11(15-9(3)14-10)16-7-12(13,5-2)8-16/h6H,4-5,7-8,13H2,1-3H3. The maximum atomic E-state index is 6.15. The molecule has 1 fully saturated rings. The quantitative estimate of drug-likeness (QED) is 0.833. The van der Waals surface area contributed by atoms with E-state index in [1.165, 1.54) is 0 Å². The predicted molar refractivity (Wildman–Crippen MR) is 65.6 cm³/mol. The van der Waals surface area contributed by atoms with Crippen molar-refractivity contribution in [3.8, 4) is 0 Å². The molecule has 1 aromatic rings. The SMILES string of the molecule is CCc1cc(N2CC(N)(CC)C2)nc(C)n1. The minimum absolute atomic E-state index is 0.00870. The Kier molecular flexibility index (Phi) is 2.84. The third-order valence-corrected chi connectivity index (χ3v) is 3.28. The molecule has 4 heteroatoms. The summed E-state index contributed by atoms with van der Waals surface area (Å²) in [7, 11) is 0. The molecule has 0 amide bonds. The number of aryl methyl sites for hydroxylation is 2. The van der Waals surface area contributed by atoms with Crippen LogP contribution < -0.4 is 10.6 Å². The minimum atomic E-state index is -0.00870. The fourth-order valence-electron chi connectivity index (χ4n) is 2.05. The molecular weight excluding hydrogens is 200 g/mol. The van der Waals surface area contributed by atoms with Crippen molar-refractivity contribution in [1.82, 2.24) is 9.97 Å². The van der Waals surface area contributed by atoms with Gasteiger partial charge in [0.25, 0.3) is 0 Å². The summed E-state index contributed by atoms with van der Waals surface area (Å²) in [4.78, 5) is 11.1. The molecule has 16 heavy (non-hydrogen) atoms. The van der Waals surface area contributed by atoms with Crippen LogP contribution in [0.4, 0.5) is 5.82 Å². The molecule has 1 aromatic heterocycles. The number of anilines is 1. The van der Waals surface area contributed by atoms with Gasteiger partial charge in [-0.15, -0.1) is 0 Å². The van der Waals surface area contributed by atoms with E-state index in [1.807, 2.05) is 6.92 Å². The van der Waals surface area contributed by atoms with Gasteiger partial charge in [-0.3, -0.25) is 0 Å². The van der Waals surface area contributed by atoms with Crippen LogP contribution in [0, 0.1) is 6.92 Å². The van der Waals surface area contributed by atoms with E-state index in [0.717, 1.165) is 43.3 Å². The van der Waals surface area contributed by atoms with E-state index >= 15 is 0 Å². The number of rotatable bonds is 3. The van der Waals surface area contributed by atoms with Crippen molar-refractivity contribution >= 4 is 5.82 Å². The lowest BCUT2D eigenvalue weighted by Gasteiger charge is -2.48. The Morgan fingerprint density at radius 1 is 1.38 bits per heavy atom. The molecule has 88 valence electrons. The summed E-state index contributed by atoms with van der Waals surface area (Å²) in [6.45, 7) is 8.01. The van der Waals surface area contributed by atoms with Gasteiger partial charge in [0.1, 0.15) is 11.6 Å². The average molecular weight is 220 g/mol. The van der Waals surface area contributed by atoms with Gasteiger partial charge in [-0.1, -0.05) is 13.8 Å². The first-order chi connectivity index (χ1) is 7.56. The van der Waals surface area contributed by atoms with Gasteiger partial charge in [0, 0.05) is 24.8 Å². The van der Waals surface area contributed by atoms with Gasteiger partial charge in [0.15, 0.2) is 0 Å². The van der Waals surface area contributed by atoms with Gasteiger partial charge in [0.2, 0.25) is 0 Å². The molecule has 1 aliphatic rings.